The van der Waals surface area contributed by atoms with Crippen molar-refractivity contribution in [2.24, 2.45) is 11.7 Å². The molecule has 1 aromatic carbocycles. The Labute approximate surface area is 120 Å². The van der Waals surface area contributed by atoms with Gasteiger partial charge in [0.2, 0.25) is 0 Å². The molecule has 0 spiro atoms. The summed E-state index contributed by atoms with van der Waals surface area (Å²) in [4.78, 5) is 0. The monoisotopic (exact) mass is 269 g/mol. The topological polar surface area (TPSA) is 43.8 Å². The molecule has 1 aliphatic carbocycles. The average Bonchev–Trinajstić information content (AvgIpc) is 2.82. The molecule has 1 atom stereocenters. The SMILES string of the molecule is NC(c1ccnn1-c1ccccc1)C1CCCCCC1. The molecule has 0 aliphatic heterocycles. The van der Waals surface area contributed by atoms with Crippen molar-refractivity contribution in [1.29, 1.82) is 0 Å². The van der Waals surface area contributed by atoms with Crippen LogP contribution in [0.5, 0.6) is 0 Å². The summed E-state index contributed by atoms with van der Waals surface area (Å²) in [5, 5.41) is 4.46. The molecule has 3 nitrogen and oxygen atoms in total. The van der Waals surface area contributed by atoms with Crippen LogP contribution in [0.3, 0.4) is 0 Å². The Hall–Kier alpha value is -1.61. The van der Waals surface area contributed by atoms with Gasteiger partial charge in [0.15, 0.2) is 0 Å². The van der Waals surface area contributed by atoms with Crippen molar-refractivity contribution >= 4 is 0 Å². The lowest BCUT2D eigenvalue weighted by molar-refractivity contribution is 0.372. The zero-order valence-electron chi connectivity index (χ0n) is 11.9. The van der Waals surface area contributed by atoms with E-state index in [1.165, 1.54) is 38.5 Å². The molecule has 2 aromatic rings. The van der Waals surface area contributed by atoms with Gasteiger partial charge >= 0.3 is 0 Å². The highest BCUT2D eigenvalue weighted by atomic mass is 15.3. The van der Waals surface area contributed by atoms with E-state index < -0.39 is 0 Å². The summed E-state index contributed by atoms with van der Waals surface area (Å²) in [6.07, 6.45) is 9.72. The lowest BCUT2D eigenvalue weighted by atomic mass is 9.90. The first-order valence-electron chi connectivity index (χ1n) is 7.71. The first-order chi connectivity index (χ1) is 9.86. The van der Waals surface area contributed by atoms with Crippen molar-refractivity contribution < 1.29 is 0 Å². The van der Waals surface area contributed by atoms with Crippen LogP contribution in [0.25, 0.3) is 5.69 Å². The lowest BCUT2D eigenvalue weighted by Crippen LogP contribution is -2.24. The number of rotatable bonds is 3. The Morgan fingerprint density at radius 2 is 1.70 bits per heavy atom. The summed E-state index contributed by atoms with van der Waals surface area (Å²) in [6, 6.07) is 12.4. The van der Waals surface area contributed by atoms with E-state index in [1.807, 2.05) is 29.1 Å². The van der Waals surface area contributed by atoms with E-state index in [0.717, 1.165) is 11.4 Å². The zero-order valence-corrected chi connectivity index (χ0v) is 11.9. The minimum absolute atomic E-state index is 0.0933. The van der Waals surface area contributed by atoms with Crippen molar-refractivity contribution in [3.8, 4) is 5.69 Å². The maximum absolute atomic E-state index is 6.56. The fourth-order valence-corrected chi connectivity index (χ4v) is 3.26. The van der Waals surface area contributed by atoms with Gasteiger partial charge < -0.3 is 5.73 Å². The second-order valence-electron chi connectivity index (χ2n) is 5.78. The van der Waals surface area contributed by atoms with E-state index in [0.29, 0.717) is 5.92 Å². The molecule has 1 fully saturated rings. The lowest BCUT2D eigenvalue weighted by Gasteiger charge is -2.23. The van der Waals surface area contributed by atoms with E-state index in [1.54, 1.807) is 0 Å². The van der Waals surface area contributed by atoms with Gasteiger partial charge in [-0.3, -0.25) is 0 Å². The van der Waals surface area contributed by atoms with Crippen molar-refractivity contribution in [2.75, 3.05) is 0 Å². The molecule has 2 N–H and O–H groups in total. The highest BCUT2D eigenvalue weighted by molar-refractivity contribution is 5.33. The van der Waals surface area contributed by atoms with Crippen LogP contribution in [0.15, 0.2) is 42.6 Å². The van der Waals surface area contributed by atoms with Crippen LogP contribution in [-0.4, -0.2) is 9.78 Å². The molecule has 1 aliphatic rings. The predicted molar refractivity (Wildman–Crippen MR) is 81.7 cm³/mol. The summed E-state index contributed by atoms with van der Waals surface area (Å²) < 4.78 is 2.00. The Morgan fingerprint density at radius 1 is 1.00 bits per heavy atom. The number of hydrogen-bond donors (Lipinski definition) is 1. The summed E-state index contributed by atoms with van der Waals surface area (Å²) in [5.41, 5.74) is 8.80. The number of benzene rings is 1. The van der Waals surface area contributed by atoms with Gasteiger partial charge in [-0.25, -0.2) is 4.68 Å². The highest BCUT2D eigenvalue weighted by Gasteiger charge is 2.23. The molecule has 3 rings (SSSR count). The second kappa shape index (κ2) is 6.23. The fraction of sp³-hybridized carbons (Fsp3) is 0.471. The summed E-state index contributed by atoms with van der Waals surface area (Å²) in [5.74, 6) is 0.594. The molecule has 1 heterocycles. The Balaban J connectivity index is 1.85. The van der Waals surface area contributed by atoms with Crippen molar-refractivity contribution in [2.45, 2.75) is 44.6 Å². The third-order valence-corrected chi connectivity index (χ3v) is 4.42. The van der Waals surface area contributed by atoms with Gasteiger partial charge in [0.25, 0.3) is 0 Å². The van der Waals surface area contributed by atoms with Gasteiger partial charge in [-0.15, -0.1) is 0 Å². The smallest absolute Gasteiger partial charge is 0.0649 e. The van der Waals surface area contributed by atoms with Crippen LogP contribution >= 0.6 is 0 Å². The number of hydrogen-bond acceptors (Lipinski definition) is 2. The van der Waals surface area contributed by atoms with Gasteiger partial charge in [-0.1, -0.05) is 43.9 Å². The maximum Gasteiger partial charge on any atom is 0.0649 e. The van der Waals surface area contributed by atoms with Gasteiger partial charge in [-0.05, 0) is 37.0 Å². The Morgan fingerprint density at radius 3 is 2.40 bits per heavy atom. The molecule has 106 valence electrons. The Kier molecular flexibility index (Phi) is 4.16. The predicted octanol–water partition coefficient (Wildman–Crippen LogP) is 3.84. The zero-order chi connectivity index (χ0) is 13.8. The van der Waals surface area contributed by atoms with Crippen LogP contribution in [-0.2, 0) is 0 Å². The van der Waals surface area contributed by atoms with Crippen LogP contribution in [0.2, 0.25) is 0 Å². The molecule has 0 saturated heterocycles. The highest BCUT2D eigenvalue weighted by Crippen LogP contribution is 2.32. The van der Waals surface area contributed by atoms with E-state index >= 15 is 0 Å². The first-order valence-corrected chi connectivity index (χ1v) is 7.71. The third kappa shape index (κ3) is 2.78. The summed E-state index contributed by atoms with van der Waals surface area (Å²) in [6.45, 7) is 0. The average molecular weight is 269 g/mol. The largest absolute Gasteiger partial charge is 0.322 e. The third-order valence-electron chi connectivity index (χ3n) is 4.42. The minimum atomic E-state index is 0.0933. The molecule has 0 amide bonds. The van der Waals surface area contributed by atoms with Gasteiger partial charge in [0.05, 0.1) is 11.4 Å². The molecular weight excluding hydrogens is 246 g/mol. The molecule has 20 heavy (non-hydrogen) atoms. The molecule has 0 radical (unpaired) electrons. The van der Waals surface area contributed by atoms with Crippen LogP contribution < -0.4 is 5.73 Å². The van der Waals surface area contributed by atoms with Gasteiger partial charge in [0, 0.05) is 12.2 Å². The number of nitrogens with zero attached hydrogens (tertiary/aromatic N) is 2. The molecular formula is C17H23N3. The summed E-state index contributed by atoms with van der Waals surface area (Å²) >= 11 is 0. The van der Waals surface area contributed by atoms with Crippen molar-refractivity contribution in [1.82, 2.24) is 9.78 Å². The van der Waals surface area contributed by atoms with Gasteiger partial charge in [0.1, 0.15) is 0 Å². The molecule has 1 saturated carbocycles. The van der Waals surface area contributed by atoms with E-state index in [2.05, 4.69) is 23.3 Å². The van der Waals surface area contributed by atoms with E-state index in [4.69, 9.17) is 5.73 Å². The van der Waals surface area contributed by atoms with Crippen LogP contribution in [0.4, 0.5) is 0 Å². The molecule has 1 unspecified atom stereocenters. The van der Waals surface area contributed by atoms with E-state index in [-0.39, 0.29) is 6.04 Å². The van der Waals surface area contributed by atoms with Crippen molar-refractivity contribution in [3.63, 3.8) is 0 Å². The normalized spacial score (nSPS) is 18.6. The maximum atomic E-state index is 6.56. The second-order valence-corrected chi connectivity index (χ2v) is 5.78. The van der Waals surface area contributed by atoms with Gasteiger partial charge in [-0.2, -0.15) is 5.10 Å². The molecule has 1 aromatic heterocycles. The first kappa shape index (κ1) is 13.4. The van der Waals surface area contributed by atoms with Crippen molar-refractivity contribution in [3.05, 3.63) is 48.3 Å². The van der Waals surface area contributed by atoms with Crippen LogP contribution in [0, 0.1) is 5.92 Å². The number of nitrogens with two attached hydrogens (primary N) is 1. The fourth-order valence-electron chi connectivity index (χ4n) is 3.26. The standard InChI is InChI=1S/C17H23N3/c18-17(14-8-4-1-2-5-9-14)16-12-13-19-20(16)15-10-6-3-7-11-15/h3,6-7,10-14,17H,1-2,4-5,8-9,18H2. The summed E-state index contributed by atoms with van der Waals surface area (Å²) in [7, 11) is 0. The number of aromatic nitrogens is 2. The van der Waals surface area contributed by atoms with E-state index in [9.17, 15) is 0 Å². The quantitative estimate of drug-likeness (QED) is 0.860. The van der Waals surface area contributed by atoms with Crippen LogP contribution in [0.1, 0.15) is 50.3 Å². The minimum Gasteiger partial charge on any atom is -0.322 e. The Bertz CT molecular complexity index is 524. The molecule has 0 bridgehead atoms. The number of para-hydroxylation sites is 1. The molecule has 3 heteroatoms.